The number of ether oxygens (including phenoxy) is 2. The van der Waals surface area contributed by atoms with Crippen molar-refractivity contribution in [1.82, 2.24) is 5.32 Å². The van der Waals surface area contributed by atoms with Crippen LogP contribution in [0.2, 0.25) is 0 Å². The van der Waals surface area contributed by atoms with Crippen molar-refractivity contribution in [1.29, 1.82) is 0 Å². The van der Waals surface area contributed by atoms with E-state index in [0.29, 0.717) is 18.1 Å². The van der Waals surface area contributed by atoms with Gasteiger partial charge in [-0.05, 0) is 19.1 Å². The summed E-state index contributed by atoms with van der Waals surface area (Å²) in [6, 6.07) is 7.02. The molecule has 0 bridgehead atoms. The van der Waals surface area contributed by atoms with E-state index in [1.807, 2.05) is 18.2 Å². The average molecular weight is 223 g/mol. The molecule has 0 aromatic heterocycles. The van der Waals surface area contributed by atoms with Gasteiger partial charge in [0.1, 0.15) is 6.61 Å². The third-order valence-electron chi connectivity index (χ3n) is 2.44. The number of para-hydroxylation sites is 2. The number of rotatable bonds is 2. The molecule has 1 aromatic carbocycles. The number of carboxylic acid groups (broad SMARTS) is 1. The SMILES string of the molecule is CC(NC(=O)O)C1COc2ccccc2O1. The van der Waals surface area contributed by atoms with Gasteiger partial charge in [-0.3, -0.25) is 0 Å². The van der Waals surface area contributed by atoms with Crippen molar-refractivity contribution in [3.63, 3.8) is 0 Å². The molecule has 1 heterocycles. The van der Waals surface area contributed by atoms with Gasteiger partial charge in [0.05, 0.1) is 6.04 Å². The summed E-state index contributed by atoms with van der Waals surface area (Å²) in [5, 5.41) is 11.0. The van der Waals surface area contributed by atoms with Crippen molar-refractivity contribution < 1.29 is 19.4 Å². The summed E-state index contributed by atoms with van der Waals surface area (Å²) in [5.41, 5.74) is 0. The monoisotopic (exact) mass is 223 g/mol. The van der Waals surface area contributed by atoms with Crippen LogP contribution in [0.15, 0.2) is 24.3 Å². The molecule has 0 radical (unpaired) electrons. The van der Waals surface area contributed by atoms with Crippen molar-refractivity contribution in [2.75, 3.05) is 6.61 Å². The summed E-state index contributed by atoms with van der Waals surface area (Å²) in [7, 11) is 0. The fourth-order valence-corrected chi connectivity index (χ4v) is 1.57. The number of hydrogen-bond donors (Lipinski definition) is 2. The quantitative estimate of drug-likeness (QED) is 0.796. The lowest BCUT2D eigenvalue weighted by Crippen LogP contribution is -2.47. The summed E-state index contributed by atoms with van der Waals surface area (Å²) >= 11 is 0. The lowest BCUT2D eigenvalue weighted by Gasteiger charge is -2.30. The van der Waals surface area contributed by atoms with Crippen LogP contribution in [0.4, 0.5) is 4.79 Å². The highest BCUT2D eigenvalue weighted by Gasteiger charge is 2.26. The average Bonchev–Trinajstić information content (AvgIpc) is 2.27. The number of benzene rings is 1. The fourth-order valence-electron chi connectivity index (χ4n) is 1.57. The van der Waals surface area contributed by atoms with Crippen LogP contribution in [-0.4, -0.2) is 30.0 Å². The van der Waals surface area contributed by atoms with E-state index in [9.17, 15) is 4.79 Å². The van der Waals surface area contributed by atoms with E-state index < -0.39 is 6.09 Å². The number of hydrogen-bond acceptors (Lipinski definition) is 3. The summed E-state index contributed by atoms with van der Waals surface area (Å²) in [6.45, 7) is 2.09. The maximum Gasteiger partial charge on any atom is 0.405 e. The van der Waals surface area contributed by atoms with Crippen molar-refractivity contribution in [3.05, 3.63) is 24.3 Å². The molecular formula is C11H13NO4. The highest BCUT2D eigenvalue weighted by atomic mass is 16.6. The zero-order valence-corrected chi connectivity index (χ0v) is 8.84. The van der Waals surface area contributed by atoms with Crippen molar-refractivity contribution in [3.8, 4) is 11.5 Å². The van der Waals surface area contributed by atoms with Crippen LogP contribution < -0.4 is 14.8 Å². The normalized spacial score (nSPS) is 19.9. The van der Waals surface area contributed by atoms with Gasteiger partial charge in [-0.15, -0.1) is 0 Å². The van der Waals surface area contributed by atoms with Gasteiger partial charge in [-0.25, -0.2) is 4.79 Å². The lowest BCUT2D eigenvalue weighted by molar-refractivity contribution is 0.0662. The Morgan fingerprint density at radius 1 is 1.50 bits per heavy atom. The Bertz CT molecular complexity index is 393. The zero-order valence-electron chi connectivity index (χ0n) is 8.84. The topological polar surface area (TPSA) is 67.8 Å². The zero-order chi connectivity index (χ0) is 11.5. The standard InChI is InChI=1S/C11H13NO4/c1-7(12-11(13)14)10-6-15-8-4-2-3-5-9(8)16-10/h2-5,7,10,12H,6H2,1H3,(H,13,14). The van der Waals surface area contributed by atoms with Gasteiger partial charge in [0, 0.05) is 0 Å². The van der Waals surface area contributed by atoms with Gasteiger partial charge in [0.15, 0.2) is 17.6 Å². The molecule has 0 fully saturated rings. The largest absolute Gasteiger partial charge is 0.486 e. The van der Waals surface area contributed by atoms with Crippen LogP contribution >= 0.6 is 0 Å². The second-order valence-corrected chi connectivity index (χ2v) is 3.65. The Morgan fingerprint density at radius 2 is 2.19 bits per heavy atom. The van der Waals surface area contributed by atoms with E-state index >= 15 is 0 Å². The van der Waals surface area contributed by atoms with Crippen LogP contribution in [-0.2, 0) is 0 Å². The Morgan fingerprint density at radius 3 is 2.88 bits per heavy atom. The van der Waals surface area contributed by atoms with Gasteiger partial charge in [-0.1, -0.05) is 12.1 Å². The molecule has 2 rings (SSSR count). The maximum absolute atomic E-state index is 10.5. The van der Waals surface area contributed by atoms with E-state index in [-0.39, 0.29) is 12.1 Å². The minimum Gasteiger partial charge on any atom is -0.486 e. The van der Waals surface area contributed by atoms with Crippen LogP contribution in [0.3, 0.4) is 0 Å². The summed E-state index contributed by atoms with van der Waals surface area (Å²) < 4.78 is 11.1. The lowest BCUT2D eigenvalue weighted by atomic mass is 10.1. The Balaban J connectivity index is 2.05. The first kappa shape index (κ1) is 10.6. The van der Waals surface area contributed by atoms with E-state index in [4.69, 9.17) is 14.6 Å². The van der Waals surface area contributed by atoms with E-state index in [1.165, 1.54) is 0 Å². The summed E-state index contributed by atoms with van der Waals surface area (Å²) in [6.07, 6.45) is -1.36. The predicted molar refractivity (Wildman–Crippen MR) is 57.0 cm³/mol. The Kier molecular flexibility index (Phi) is 2.85. The number of carbonyl (C=O) groups is 1. The van der Waals surface area contributed by atoms with Crippen LogP contribution in [0.25, 0.3) is 0 Å². The molecule has 2 unspecified atom stereocenters. The molecule has 1 aliphatic heterocycles. The van der Waals surface area contributed by atoms with E-state index in [0.717, 1.165) is 0 Å². The molecule has 0 aliphatic carbocycles. The molecular weight excluding hydrogens is 210 g/mol. The third-order valence-corrected chi connectivity index (χ3v) is 2.44. The first-order chi connectivity index (χ1) is 7.66. The molecule has 1 aromatic rings. The van der Waals surface area contributed by atoms with Crippen molar-refractivity contribution in [2.45, 2.75) is 19.1 Å². The Labute approximate surface area is 93.0 Å². The molecule has 5 nitrogen and oxygen atoms in total. The molecule has 86 valence electrons. The molecule has 2 N–H and O–H groups in total. The molecule has 1 aliphatic rings. The molecule has 0 saturated heterocycles. The van der Waals surface area contributed by atoms with Gasteiger partial charge in [-0.2, -0.15) is 0 Å². The summed E-state index contributed by atoms with van der Waals surface area (Å²) in [5.74, 6) is 1.35. The van der Waals surface area contributed by atoms with E-state index in [1.54, 1.807) is 13.0 Å². The molecule has 0 spiro atoms. The smallest absolute Gasteiger partial charge is 0.405 e. The number of nitrogens with one attached hydrogen (secondary N) is 1. The van der Waals surface area contributed by atoms with Crippen molar-refractivity contribution >= 4 is 6.09 Å². The second kappa shape index (κ2) is 4.30. The number of amides is 1. The molecule has 16 heavy (non-hydrogen) atoms. The van der Waals surface area contributed by atoms with Crippen LogP contribution in [0.5, 0.6) is 11.5 Å². The first-order valence-electron chi connectivity index (χ1n) is 5.05. The van der Waals surface area contributed by atoms with Gasteiger partial charge < -0.3 is 19.9 Å². The fraction of sp³-hybridized carbons (Fsp3) is 0.364. The number of fused-ring (bicyclic) bond motifs is 1. The highest BCUT2D eigenvalue weighted by Crippen LogP contribution is 2.31. The molecule has 5 heteroatoms. The van der Waals surface area contributed by atoms with Crippen LogP contribution in [0, 0.1) is 0 Å². The molecule has 1 amide bonds. The third kappa shape index (κ3) is 2.18. The van der Waals surface area contributed by atoms with Crippen LogP contribution in [0.1, 0.15) is 6.92 Å². The van der Waals surface area contributed by atoms with E-state index in [2.05, 4.69) is 5.32 Å². The van der Waals surface area contributed by atoms with Crippen molar-refractivity contribution in [2.24, 2.45) is 0 Å². The predicted octanol–water partition coefficient (Wildman–Crippen LogP) is 1.48. The minimum atomic E-state index is -1.06. The summed E-state index contributed by atoms with van der Waals surface area (Å²) in [4.78, 5) is 10.5. The molecule has 0 saturated carbocycles. The minimum absolute atomic E-state index is 0.300. The van der Waals surface area contributed by atoms with Gasteiger partial charge >= 0.3 is 6.09 Å². The second-order valence-electron chi connectivity index (χ2n) is 3.65. The van der Waals surface area contributed by atoms with Gasteiger partial charge in [0.2, 0.25) is 0 Å². The first-order valence-corrected chi connectivity index (χ1v) is 5.05. The Hall–Kier alpha value is -1.91. The van der Waals surface area contributed by atoms with Gasteiger partial charge in [0.25, 0.3) is 0 Å². The maximum atomic E-state index is 10.5. The highest BCUT2D eigenvalue weighted by molar-refractivity contribution is 5.64. The molecule has 2 atom stereocenters.